The van der Waals surface area contributed by atoms with Gasteiger partial charge in [-0.1, -0.05) is 47.5 Å². The molecule has 1 aliphatic rings. The normalized spacial score (nSPS) is 14.3. The number of rotatable bonds is 10. The van der Waals surface area contributed by atoms with Crippen molar-refractivity contribution >= 4 is 82.2 Å². The first-order valence-corrected chi connectivity index (χ1v) is 19.2. The van der Waals surface area contributed by atoms with Crippen molar-refractivity contribution in [3.63, 3.8) is 0 Å². The first kappa shape index (κ1) is 35.0. The number of sulfone groups is 1. The van der Waals surface area contributed by atoms with Crippen LogP contribution in [-0.4, -0.2) is 61.6 Å². The van der Waals surface area contributed by atoms with Crippen molar-refractivity contribution in [1.82, 2.24) is 19.5 Å². The van der Waals surface area contributed by atoms with Crippen molar-refractivity contribution in [2.24, 2.45) is 0 Å². The standard InChI is InChI=1S/C33H26Cl2F2N6O6S2/c34-20-6-3-8-25(29(20)35)51(46,47)42-22-10-9-21(36)31(30(22)37)41-33-32-23(38-18-39-33)11-12-27(40-32)43-17-26(19-5-1-2-7-24(19)43)50(44,45)16-13-28-48-14-4-15-49-28/h1-3,5-12,17-18,28,42H,4,13-16H2,(H,38,39,41). The fourth-order valence-electron chi connectivity index (χ4n) is 5.56. The van der Waals surface area contributed by atoms with Gasteiger partial charge in [0.2, 0.25) is 0 Å². The molecule has 2 N–H and O–H groups in total. The maximum absolute atomic E-state index is 15.8. The van der Waals surface area contributed by atoms with E-state index in [9.17, 15) is 16.8 Å². The van der Waals surface area contributed by atoms with Crippen LogP contribution >= 0.6 is 23.2 Å². The molecular weight excluding hydrogens is 749 g/mol. The first-order chi connectivity index (χ1) is 24.4. The van der Waals surface area contributed by atoms with Gasteiger partial charge in [0.25, 0.3) is 10.0 Å². The van der Waals surface area contributed by atoms with Gasteiger partial charge in [-0.3, -0.25) is 9.29 Å². The van der Waals surface area contributed by atoms with Crippen LogP contribution in [0.4, 0.5) is 26.0 Å². The minimum Gasteiger partial charge on any atom is -0.353 e. The third kappa shape index (κ3) is 6.94. The molecule has 7 rings (SSSR count). The fourth-order valence-corrected chi connectivity index (χ4v) is 8.88. The maximum atomic E-state index is 15.8. The van der Waals surface area contributed by atoms with E-state index in [0.29, 0.717) is 29.6 Å². The van der Waals surface area contributed by atoms with E-state index in [1.54, 1.807) is 41.0 Å². The molecule has 12 nitrogen and oxygen atoms in total. The molecule has 0 spiro atoms. The molecule has 3 aromatic carbocycles. The summed E-state index contributed by atoms with van der Waals surface area (Å²) in [5.41, 5.74) is -0.404. The lowest BCUT2D eigenvalue weighted by Gasteiger charge is -2.22. The predicted molar refractivity (Wildman–Crippen MR) is 188 cm³/mol. The van der Waals surface area contributed by atoms with E-state index in [4.69, 9.17) is 32.7 Å². The average molecular weight is 776 g/mol. The smallest absolute Gasteiger partial charge is 0.263 e. The minimum atomic E-state index is -4.45. The van der Waals surface area contributed by atoms with E-state index >= 15 is 8.78 Å². The topological polar surface area (TPSA) is 154 Å². The van der Waals surface area contributed by atoms with Gasteiger partial charge in [0, 0.05) is 18.0 Å². The van der Waals surface area contributed by atoms with E-state index in [1.165, 1.54) is 24.4 Å². The highest BCUT2D eigenvalue weighted by atomic mass is 35.5. The number of para-hydroxylation sites is 1. The summed E-state index contributed by atoms with van der Waals surface area (Å²) in [6.07, 6.45) is 2.93. The summed E-state index contributed by atoms with van der Waals surface area (Å²) in [5, 5.41) is 2.75. The van der Waals surface area contributed by atoms with Crippen LogP contribution in [0.1, 0.15) is 12.8 Å². The lowest BCUT2D eigenvalue weighted by Crippen LogP contribution is -2.27. The van der Waals surface area contributed by atoms with Gasteiger partial charge in [-0.25, -0.2) is 40.6 Å². The summed E-state index contributed by atoms with van der Waals surface area (Å²) in [6.45, 7) is 1.00. The number of nitrogens with zero attached hydrogens (tertiary/aromatic N) is 4. The van der Waals surface area contributed by atoms with Gasteiger partial charge >= 0.3 is 0 Å². The number of aromatic nitrogens is 4. The molecule has 0 radical (unpaired) electrons. The Labute approximate surface area is 300 Å². The van der Waals surface area contributed by atoms with Crippen molar-refractivity contribution in [3.05, 3.63) is 101 Å². The molecule has 0 unspecified atom stereocenters. The Hall–Kier alpha value is -4.45. The average Bonchev–Trinajstić information content (AvgIpc) is 3.53. The Morgan fingerprint density at radius 1 is 0.902 bits per heavy atom. The number of nitrogens with one attached hydrogen (secondary N) is 2. The van der Waals surface area contributed by atoms with Gasteiger partial charge in [-0.05, 0) is 48.9 Å². The van der Waals surface area contributed by atoms with E-state index in [2.05, 4.69) is 25.0 Å². The second-order valence-corrected chi connectivity index (χ2v) is 15.9. The SMILES string of the molecule is O=S(=O)(CCC1OCCCO1)c1cn(-c2ccc3ncnc(Nc4c(F)ccc(NS(=O)(=O)c5cccc(Cl)c5Cl)c4F)c3n2)c2ccccc12. The fraction of sp³-hybridized carbons (Fsp3) is 0.182. The van der Waals surface area contributed by atoms with Crippen LogP contribution in [0.15, 0.2) is 89.0 Å². The Morgan fingerprint density at radius 2 is 1.69 bits per heavy atom. The quantitative estimate of drug-likeness (QED) is 0.148. The lowest BCUT2D eigenvalue weighted by atomic mass is 10.2. The number of pyridine rings is 1. The van der Waals surface area contributed by atoms with Gasteiger partial charge in [-0.2, -0.15) is 0 Å². The van der Waals surface area contributed by atoms with Crippen LogP contribution in [0.3, 0.4) is 0 Å². The van der Waals surface area contributed by atoms with Crippen molar-refractivity contribution in [2.45, 2.75) is 28.9 Å². The van der Waals surface area contributed by atoms with Crippen molar-refractivity contribution in [3.8, 4) is 5.82 Å². The highest BCUT2D eigenvalue weighted by Gasteiger charge is 2.26. The minimum absolute atomic E-state index is 0.0328. The number of halogens is 4. The van der Waals surface area contributed by atoms with Gasteiger partial charge in [-0.15, -0.1) is 0 Å². The Bertz CT molecular complexity index is 2530. The molecular formula is C33H26Cl2F2N6O6S2. The molecule has 1 aliphatic heterocycles. The van der Waals surface area contributed by atoms with Crippen LogP contribution in [-0.2, 0) is 29.3 Å². The molecule has 264 valence electrons. The van der Waals surface area contributed by atoms with Gasteiger partial charge < -0.3 is 14.8 Å². The monoisotopic (exact) mass is 774 g/mol. The predicted octanol–water partition coefficient (Wildman–Crippen LogP) is 7.02. The van der Waals surface area contributed by atoms with Crippen LogP contribution in [0, 0.1) is 11.6 Å². The summed E-state index contributed by atoms with van der Waals surface area (Å²) in [7, 11) is -8.26. The highest BCUT2D eigenvalue weighted by molar-refractivity contribution is 7.93. The van der Waals surface area contributed by atoms with E-state index in [-0.39, 0.29) is 44.3 Å². The number of benzene rings is 3. The molecule has 3 aromatic heterocycles. The summed E-state index contributed by atoms with van der Waals surface area (Å²) in [5.74, 6) is -2.41. The highest BCUT2D eigenvalue weighted by Crippen LogP contribution is 2.35. The lowest BCUT2D eigenvalue weighted by molar-refractivity contribution is -0.178. The largest absolute Gasteiger partial charge is 0.353 e. The molecule has 0 aliphatic carbocycles. The number of hydrogen-bond donors (Lipinski definition) is 2. The molecule has 51 heavy (non-hydrogen) atoms. The number of sulfonamides is 1. The molecule has 6 aromatic rings. The van der Waals surface area contributed by atoms with E-state index in [0.717, 1.165) is 24.9 Å². The maximum Gasteiger partial charge on any atom is 0.263 e. The summed E-state index contributed by atoms with van der Waals surface area (Å²) in [6, 6.07) is 15.8. The zero-order valence-electron chi connectivity index (χ0n) is 26.2. The first-order valence-electron chi connectivity index (χ1n) is 15.3. The third-order valence-electron chi connectivity index (χ3n) is 8.03. The molecule has 0 amide bonds. The van der Waals surface area contributed by atoms with Crippen molar-refractivity contribution in [2.75, 3.05) is 29.0 Å². The zero-order chi connectivity index (χ0) is 35.9. The van der Waals surface area contributed by atoms with Crippen LogP contribution in [0.25, 0.3) is 27.8 Å². The summed E-state index contributed by atoms with van der Waals surface area (Å²) < 4.78 is 99.0. The van der Waals surface area contributed by atoms with Crippen LogP contribution in [0.2, 0.25) is 10.0 Å². The summed E-state index contributed by atoms with van der Waals surface area (Å²) >= 11 is 12.0. The molecule has 0 atom stereocenters. The second kappa shape index (κ2) is 13.9. The number of fused-ring (bicyclic) bond motifs is 2. The van der Waals surface area contributed by atoms with E-state index in [1.807, 2.05) is 0 Å². The molecule has 18 heteroatoms. The van der Waals surface area contributed by atoms with Gasteiger partial charge in [0.05, 0.1) is 50.6 Å². The Balaban J connectivity index is 1.24. The Kier molecular flexibility index (Phi) is 9.56. The summed E-state index contributed by atoms with van der Waals surface area (Å²) in [4.78, 5) is 12.7. The third-order valence-corrected chi connectivity index (χ3v) is 12.1. The van der Waals surface area contributed by atoms with Crippen molar-refractivity contribution < 1.29 is 35.1 Å². The Morgan fingerprint density at radius 3 is 2.49 bits per heavy atom. The van der Waals surface area contributed by atoms with Crippen molar-refractivity contribution in [1.29, 1.82) is 0 Å². The second-order valence-electron chi connectivity index (χ2n) is 11.3. The van der Waals surface area contributed by atoms with Crippen LogP contribution < -0.4 is 10.0 Å². The van der Waals surface area contributed by atoms with E-state index < -0.39 is 54.1 Å². The molecule has 1 saturated heterocycles. The number of hydrogen-bond acceptors (Lipinski definition) is 10. The molecule has 4 heterocycles. The van der Waals surface area contributed by atoms with Gasteiger partial charge in [0.1, 0.15) is 34.1 Å². The number of anilines is 3. The molecule has 0 bridgehead atoms. The molecule has 1 fully saturated rings. The zero-order valence-corrected chi connectivity index (χ0v) is 29.3. The molecule has 0 saturated carbocycles. The van der Waals surface area contributed by atoms with Crippen LogP contribution in [0.5, 0.6) is 0 Å². The van der Waals surface area contributed by atoms with Gasteiger partial charge in [0.15, 0.2) is 27.8 Å². The number of ether oxygens (including phenoxy) is 2.